The number of unbranched alkanes of at least 4 members (excludes halogenated alkanes) is 2. The SMILES string of the molecule is CCCCN(CCCC)C(=O)CCC(=O)c1ccc(C)cc1. The molecule has 3 nitrogen and oxygen atoms in total. The number of carbonyl (C=O) groups excluding carboxylic acids is 2. The maximum absolute atomic E-state index is 12.3. The normalized spacial score (nSPS) is 10.5. The van der Waals surface area contributed by atoms with E-state index in [0.29, 0.717) is 18.4 Å². The number of Topliss-reactive ketones (excluding diaryl/α,β-unsaturated/α-hetero) is 1. The highest BCUT2D eigenvalue weighted by molar-refractivity contribution is 5.97. The van der Waals surface area contributed by atoms with Crippen LogP contribution in [0.15, 0.2) is 24.3 Å². The first kappa shape index (κ1) is 18.4. The lowest BCUT2D eigenvalue weighted by Crippen LogP contribution is -2.33. The maximum atomic E-state index is 12.3. The van der Waals surface area contributed by atoms with Crippen molar-refractivity contribution in [2.75, 3.05) is 13.1 Å². The van der Waals surface area contributed by atoms with Gasteiger partial charge in [-0.1, -0.05) is 56.5 Å². The number of carbonyl (C=O) groups is 2. The predicted molar refractivity (Wildman–Crippen MR) is 91.1 cm³/mol. The Morgan fingerprint density at radius 2 is 1.45 bits per heavy atom. The molecule has 1 amide bonds. The average molecular weight is 303 g/mol. The minimum absolute atomic E-state index is 0.0549. The summed E-state index contributed by atoms with van der Waals surface area (Å²) in [4.78, 5) is 26.4. The molecule has 3 heteroatoms. The molecule has 0 aliphatic carbocycles. The van der Waals surface area contributed by atoms with Gasteiger partial charge >= 0.3 is 0 Å². The Morgan fingerprint density at radius 1 is 0.909 bits per heavy atom. The lowest BCUT2D eigenvalue weighted by Gasteiger charge is -2.22. The highest BCUT2D eigenvalue weighted by Crippen LogP contribution is 2.10. The molecule has 0 aliphatic rings. The Balaban J connectivity index is 2.50. The van der Waals surface area contributed by atoms with Crippen molar-refractivity contribution in [1.82, 2.24) is 4.90 Å². The zero-order valence-electron chi connectivity index (χ0n) is 14.2. The molecule has 0 fully saturated rings. The van der Waals surface area contributed by atoms with Crippen LogP contribution >= 0.6 is 0 Å². The number of hydrogen-bond acceptors (Lipinski definition) is 2. The van der Waals surface area contributed by atoms with E-state index in [4.69, 9.17) is 0 Å². The predicted octanol–water partition coefficient (Wildman–Crippen LogP) is 4.39. The van der Waals surface area contributed by atoms with Gasteiger partial charge in [0.2, 0.25) is 5.91 Å². The molecule has 1 aromatic rings. The molecule has 122 valence electrons. The fourth-order valence-electron chi connectivity index (χ4n) is 2.32. The van der Waals surface area contributed by atoms with Crippen LogP contribution in [0.5, 0.6) is 0 Å². The quantitative estimate of drug-likeness (QED) is 0.601. The minimum atomic E-state index is 0.0549. The van der Waals surface area contributed by atoms with Gasteiger partial charge in [-0.2, -0.15) is 0 Å². The maximum Gasteiger partial charge on any atom is 0.223 e. The largest absolute Gasteiger partial charge is 0.343 e. The smallest absolute Gasteiger partial charge is 0.223 e. The van der Waals surface area contributed by atoms with Gasteiger partial charge in [0.05, 0.1) is 0 Å². The second kappa shape index (κ2) is 10.1. The van der Waals surface area contributed by atoms with Crippen LogP contribution in [0.3, 0.4) is 0 Å². The second-order valence-corrected chi connectivity index (χ2v) is 5.88. The summed E-state index contributed by atoms with van der Waals surface area (Å²) in [5, 5.41) is 0. The number of benzene rings is 1. The van der Waals surface area contributed by atoms with Crippen molar-refractivity contribution in [3.63, 3.8) is 0 Å². The van der Waals surface area contributed by atoms with E-state index in [1.807, 2.05) is 36.1 Å². The van der Waals surface area contributed by atoms with E-state index in [1.165, 1.54) is 0 Å². The van der Waals surface area contributed by atoms with Gasteiger partial charge in [-0.25, -0.2) is 0 Å². The van der Waals surface area contributed by atoms with Gasteiger partial charge < -0.3 is 4.90 Å². The van der Waals surface area contributed by atoms with Crippen molar-refractivity contribution in [3.8, 4) is 0 Å². The molecule has 0 spiro atoms. The molecule has 0 bridgehead atoms. The van der Waals surface area contributed by atoms with E-state index in [0.717, 1.165) is 44.3 Å². The molecule has 1 aromatic carbocycles. The first-order valence-electron chi connectivity index (χ1n) is 8.46. The Morgan fingerprint density at radius 3 is 1.95 bits per heavy atom. The highest BCUT2D eigenvalue weighted by atomic mass is 16.2. The van der Waals surface area contributed by atoms with Crippen LogP contribution in [-0.2, 0) is 4.79 Å². The van der Waals surface area contributed by atoms with Gasteiger partial charge in [0.1, 0.15) is 0 Å². The lowest BCUT2D eigenvalue weighted by atomic mass is 10.0. The lowest BCUT2D eigenvalue weighted by molar-refractivity contribution is -0.131. The number of amides is 1. The summed E-state index contributed by atoms with van der Waals surface area (Å²) in [6.07, 6.45) is 4.84. The number of nitrogens with zero attached hydrogens (tertiary/aromatic N) is 1. The van der Waals surface area contributed by atoms with Gasteiger partial charge in [-0.15, -0.1) is 0 Å². The van der Waals surface area contributed by atoms with Gasteiger partial charge in [0.15, 0.2) is 5.78 Å². The molecule has 0 aromatic heterocycles. The number of aryl methyl sites for hydroxylation is 1. The Labute approximate surface area is 134 Å². The zero-order valence-corrected chi connectivity index (χ0v) is 14.2. The Kier molecular flexibility index (Phi) is 8.49. The molecule has 0 N–H and O–H groups in total. The Hall–Kier alpha value is -1.64. The average Bonchev–Trinajstić information content (AvgIpc) is 2.53. The fraction of sp³-hybridized carbons (Fsp3) is 0.579. The van der Waals surface area contributed by atoms with Crippen molar-refractivity contribution < 1.29 is 9.59 Å². The minimum Gasteiger partial charge on any atom is -0.343 e. The first-order valence-corrected chi connectivity index (χ1v) is 8.46. The molecule has 1 rings (SSSR count). The van der Waals surface area contributed by atoms with E-state index >= 15 is 0 Å². The zero-order chi connectivity index (χ0) is 16.4. The van der Waals surface area contributed by atoms with Crippen LogP contribution in [-0.4, -0.2) is 29.7 Å². The van der Waals surface area contributed by atoms with Crippen molar-refractivity contribution >= 4 is 11.7 Å². The van der Waals surface area contributed by atoms with Gasteiger partial charge in [-0.3, -0.25) is 9.59 Å². The highest BCUT2D eigenvalue weighted by Gasteiger charge is 2.15. The monoisotopic (exact) mass is 303 g/mol. The van der Waals surface area contributed by atoms with Crippen molar-refractivity contribution in [3.05, 3.63) is 35.4 Å². The molecule has 0 heterocycles. The molecule has 0 saturated heterocycles. The van der Waals surface area contributed by atoms with E-state index < -0.39 is 0 Å². The van der Waals surface area contributed by atoms with Crippen molar-refractivity contribution in [1.29, 1.82) is 0 Å². The molecule has 0 unspecified atom stereocenters. The third-order valence-electron chi connectivity index (χ3n) is 3.86. The van der Waals surface area contributed by atoms with Crippen LogP contribution in [0.2, 0.25) is 0 Å². The van der Waals surface area contributed by atoms with Crippen LogP contribution in [0.1, 0.15) is 68.3 Å². The third-order valence-corrected chi connectivity index (χ3v) is 3.86. The number of rotatable bonds is 10. The molecule has 22 heavy (non-hydrogen) atoms. The van der Waals surface area contributed by atoms with Crippen LogP contribution in [0.4, 0.5) is 0 Å². The van der Waals surface area contributed by atoms with Crippen LogP contribution in [0.25, 0.3) is 0 Å². The molecular formula is C19H29NO2. The van der Waals surface area contributed by atoms with E-state index in [1.54, 1.807) is 0 Å². The van der Waals surface area contributed by atoms with Gasteiger partial charge in [-0.05, 0) is 19.8 Å². The van der Waals surface area contributed by atoms with Gasteiger partial charge in [0, 0.05) is 31.5 Å². The number of ketones is 1. The summed E-state index contributed by atoms with van der Waals surface area (Å²) >= 11 is 0. The second-order valence-electron chi connectivity index (χ2n) is 5.88. The molecule has 0 aliphatic heterocycles. The van der Waals surface area contributed by atoms with Gasteiger partial charge in [0.25, 0.3) is 0 Å². The molecule has 0 radical (unpaired) electrons. The summed E-state index contributed by atoms with van der Waals surface area (Å²) in [7, 11) is 0. The molecule has 0 saturated carbocycles. The standard InChI is InChI=1S/C19H29NO2/c1-4-6-14-20(15-7-5-2)19(22)13-12-18(21)17-10-8-16(3)9-11-17/h8-11H,4-7,12-15H2,1-3H3. The summed E-state index contributed by atoms with van der Waals surface area (Å²) in [6, 6.07) is 7.55. The molecular weight excluding hydrogens is 274 g/mol. The van der Waals surface area contributed by atoms with E-state index in [2.05, 4.69) is 13.8 Å². The van der Waals surface area contributed by atoms with E-state index in [9.17, 15) is 9.59 Å². The summed E-state index contributed by atoms with van der Waals surface area (Å²) < 4.78 is 0. The fourth-order valence-corrected chi connectivity index (χ4v) is 2.32. The van der Waals surface area contributed by atoms with Crippen molar-refractivity contribution in [2.24, 2.45) is 0 Å². The topological polar surface area (TPSA) is 37.4 Å². The Bertz CT molecular complexity index is 457. The van der Waals surface area contributed by atoms with E-state index in [-0.39, 0.29) is 11.7 Å². The van der Waals surface area contributed by atoms with Crippen molar-refractivity contribution in [2.45, 2.75) is 59.3 Å². The number of hydrogen-bond donors (Lipinski definition) is 0. The first-order chi connectivity index (χ1) is 10.6. The summed E-state index contributed by atoms with van der Waals surface area (Å²) in [5.74, 6) is 0.168. The van der Waals surface area contributed by atoms with Crippen LogP contribution < -0.4 is 0 Å². The summed E-state index contributed by atoms with van der Waals surface area (Å²) in [5.41, 5.74) is 1.84. The summed E-state index contributed by atoms with van der Waals surface area (Å²) in [6.45, 7) is 7.88. The third kappa shape index (κ3) is 6.42. The molecule has 0 atom stereocenters. The van der Waals surface area contributed by atoms with Crippen LogP contribution in [0, 0.1) is 6.92 Å².